The first-order valence-electron chi connectivity index (χ1n) is 5.17. The van der Waals surface area contributed by atoms with Crippen molar-refractivity contribution >= 4 is 11.4 Å². The summed E-state index contributed by atoms with van der Waals surface area (Å²) in [5.41, 5.74) is 7.18. The molecule has 0 aliphatic rings. The van der Waals surface area contributed by atoms with Gasteiger partial charge in [-0.3, -0.25) is 0 Å². The summed E-state index contributed by atoms with van der Waals surface area (Å²) in [5.74, 6) is 1.07. The number of nitrogen functional groups attached to an aromatic ring is 1. The summed E-state index contributed by atoms with van der Waals surface area (Å²) in [5, 5.41) is 0. The first-order valence-corrected chi connectivity index (χ1v) is 5.17. The van der Waals surface area contributed by atoms with Crippen LogP contribution in [0.25, 0.3) is 0 Å². The minimum Gasteiger partial charge on any atom is -0.437 e. The average molecular weight is 230 g/mol. The predicted molar refractivity (Wildman–Crippen MR) is 67.3 cm³/mol. The lowest BCUT2D eigenvalue weighted by molar-refractivity contribution is 0.464. The van der Waals surface area contributed by atoms with Crippen molar-refractivity contribution in [2.75, 3.05) is 24.7 Å². The van der Waals surface area contributed by atoms with Crippen LogP contribution < -0.4 is 15.4 Å². The van der Waals surface area contributed by atoms with Crippen LogP contribution in [0.1, 0.15) is 0 Å². The summed E-state index contributed by atoms with van der Waals surface area (Å²) < 4.78 is 5.60. The molecule has 0 aliphatic heterocycles. The first-order chi connectivity index (χ1) is 8.16. The lowest BCUT2D eigenvalue weighted by Crippen LogP contribution is -2.08. The zero-order valence-electron chi connectivity index (χ0n) is 9.79. The maximum Gasteiger partial charge on any atom is 0.245 e. The second-order valence-corrected chi connectivity index (χ2v) is 3.78. The molecule has 0 amide bonds. The van der Waals surface area contributed by atoms with Crippen molar-refractivity contribution in [3.8, 4) is 11.6 Å². The van der Waals surface area contributed by atoms with Gasteiger partial charge in [-0.2, -0.15) is 4.98 Å². The molecule has 2 aromatic rings. The van der Waals surface area contributed by atoms with E-state index in [1.807, 2.05) is 43.3 Å². The number of hydrogen-bond donors (Lipinski definition) is 1. The number of anilines is 2. The quantitative estimate of drug-likeness (QED) is 0.872. The smallest absolute Gasteiger partial charge is 0.245 e. The third-order valence-electron chi connectivity index (χ3n) is 2.25. The number of ether oxygens (including phenoxy) is 1. The molecule has 0 saturated heterocycles. The number of rotatable bonds is 3. The molecule has 5 nitrogen and oxygen atoms in total. The number of nitrogens with zero attached hydrogens (tertiary/aromatic N) is 3. The van der Waals surface area contributed by atoms with Crippen LogP contribution in [0.2, 0.25) is 0 Å². The molecule has 0 aliphatic carbocycles. The lowest BCUT2D eigenvalue weighted by atomic mass is 10.3. The second kappa shape index (κ2) is 4.69. The van der Waals surface area contributed by atoms with Crippen LogP contribution in [0.3, 0.4) is 0 Å². The summed E-state index contributed by atoms with van der Waals surface area (Å²) in [6.45, 7) is 0. The van der Waals surface area contributed by atoms with E-state index < -0.39 is 0 Å². The van der Waals surface area contributed by atoms with Gasteiger partial charge in [0.15, 0.2) is 0 Å². The molecule has 2 rings (SSSR count). The number of nitrogens with two attached hydrogens (primary N) is 1. The SMILES string of the molecule is CN(C)c1cccc(Oc2ncncc2N)c1. The van der Waals surface area contributed by atoms with Gasteiger partial charge in [0.2, 0.25) is 5.88 Å². The third kappa shape index (κ3) is 2.63. The van der Waals surface area contributed by atoms with Crippen molar-refractivity contribution in [3.05, 3.63) is 36.8 Å². The highest BCUT2D eigenvalue weighted by Crippen LogP contribution is 2.26. The van der Waals surface area contributed by atoms with E-state index in [2.05, 4.69) is 9.97 Å². The Morgan fingerprint density at radius 1 is 1.29 bits per heavy atom. The van der Waals surface area contributed by atoms with Gasteiger partial charge >= 0.3 is 0 Å². The molecule has 0 radical (unpaired) electrons. The number of aromatic nitrogens is 2. The van der Waals surface area contributed by atoms with Crippen LogP contribution >= 0.6 is 0 Å². The molecule has 17 heavy (non-hydrogen) atoms. The van der Waals surface area contributed by atoms with E-state index in [9.17, 15) is 0 Å². The van der Waals surface area contributed by atoms with Crippen LogP contribution in [0.4, 0.5) is 11.4 Å². The minimum atomic E-state index is 0.371. The minimum absolute atomic E-state index is 0.371. The largest absolute Gasteiger partial charge is 0.437 e. The van der Waals surface area contributed by atoms with E-state index in [1.54, 1.807) is 0 Å². The molecule has 5 heteroatoms. The maximum atomic E-state index is 5.71. The Morgan fingerprint density at radius 3 is 2.82 bits per heavy atom. The molecule has 1 heterocycles. The monoisotopic (exact) mass is 230 g/mol. The molecule has 0 spiro atoms. The van der Waals surface area contributed by atoms with Crippen molar-refractivity contribution in [3.63, 3.8) is 0 Å². The fraction of sp³-hybridized carbons (Fsp3) is 0.167. The highest BCUT2D eigenvalue weighted by atomic mass is 16.5. The summed E-state index contributed by atoms with van der Waals surface area (Å²) in [7, 11) is 3.94. The summed E-state index contributed by atoms with van der Waals surface area (Å²) in [4.78, 5) is 9.78. The van der Waals surface area contributed by atoms with Gasteiger partial charge in [-0.25, -0.2) is 4.98 Å². The maximum absolute atomic E-state index is 5.71. The van der Waals surface area contributed by atoms with Crippen LogP contribution in [-0.2, 0) is 0 Å². The van der Waals surface area contributed by atoms with Crippen LogP contribution in [0, 0.1) is 0 Å². The average Bonchev–Trinajstić information content (AvgIpc) is 2.32. The van der Waals surface area contributed by atoms with Gasteiger partial charge in [-0.05, 0) is 12.1 Å². The highest BCUT2D eigenvalue weighted by Gasteiger charge is 2.04. The van der Waals surface area contributed by atoms with Gasteiger partial charge in [0.05, 0.1) is 6.20 Å². The Morgan fingerprint density at radius 2 is 2.12 bits per heavy atom. The lowest BCUT2D eigenvalue weighted by Gasteiger charge is -2.13. The molecule has 88 valence electrons. The van der Waals surface area contributed by atoms with E-state index in [4.69, 9.17) is 10.5 Å². The summed E-state index contributed by atoms with van der Waals surface area (Å²) in [6.07, 6.45) is 2.92. The van der Waals surface area contributed by atoms with Crippen molar-refractivity contribution in [2.24, 2.45) is 0 Å². The Kier molecular flexibility index (Phi) is 3.09. The van der Waals surface area contributed by atoms with Crippen LogP contribution in [0.15, 0.2) is 36.8 Å². The molecule has 0 bridgehead atoms. The molecule has 0 atom stereocenters. The predicted octanol–water partition coefficient (Wildman–Crippen LogP) is 1.92. The van der Waals surface area contributed by atoms with Gasteiger partial charge in [-0.1, -0.05) is 6.07 Å². The first kappa shape index (κ1) is 11.2. The third-order valence-corrected chi connectivity index (χ3v) is 2.25. The fourth-order valence-corrected chi connectivity index (χ4v) is 1.35. The summed E-state index contributed by atoms with van der Waals surface area (Å²) in [6, 6.07) is 7.69. The Balaban J connectivity index is 2.25. The van der Waals surface area contributed by atoms with Gasteiger partial charge in [-0.15, -0.1) is 0 Å². The zero-order valence-corrected chi connectivity index (χ0v) is 9.79. The van der Waals surface area contributed by atoms with Gasteiger partial charge in [0.25, 0.3) is 0 Å². The van der Waals surface area contributed by atoms with E-state index >= 15 is 0 Å². The topological polar surface area (TPSA) is 64.3 Å². The Hall–Kier alpha value is -2.30. The molecule has 0 fully saturated rings. The molecule has 0 unspecified atom stereocenters. The van der Waals surface area contributed by atoms with Crippen LogP contribution in [-0.4, -0.2) is 24.1 Å². The van der Waals surface area contributed by atoms with E-state index in [0.717, 1.165) is 5.69 Å². The van der Waals surface area contributed by atoms with E-state index in [1.165, 1.54) is 12.5 Å². The fourth-order valence-electron chi connectivity index (χ4n) is 1.35. The Labute approximate surface area is 99.9 Å². The standard InChI is InChI=1S/C12H14N4O/c1-16(2)9-4-3-5-10(6-9)17-12-11(13)7-14-8-15-12/h3-8H,13H2,1-2H3. The summed E-state index contributed by atoms with van der Waals surface area (Å²) >= 11 is 0. The molecular formula is C12H14N4O. The Bertz CT molecular complexity index is 513. The van der Waals surface area contributed by atoms with Crippen molar-refractivity contribution in [1.82, 2.24) is 9.97 Å². The molecule has 2 N–H and O–H groups in total. The zero-order chi connectivity index (χ0) is 12.3. The normalized spacial score (nSPS) is 10.0. The second-order valence-electron chi connectivity index (χ2n) is 3.78. The van der Waals surface area contributed by atoms with E-state index in [-0.39, 0.29) is 0 Å². The highest BCUT2D eigenvalue weighted by molar-refractivity contribution is 5.52. The number of hydrogen-bond acceptors (Lipinski definition) is 5. The number of benzene rings is 1. The van der Waals surface area contributed by atoms with Crippen molar-refractivity contribution in [2.45, 2.75) is 0 Å². The molecule has 1 aromatic carbocycles. The van der Waals surface area contributed by atoms with Crippen LogP contribution in [0.5, 0.6) is 11.6 Å². The van der Waals surface area contributed by atoms with Gasteiger partial charge in [0.1, 0.15) is 17.8 Å². The molecule has 1 aromatic heterocycles. The van der Waals surface area contributed by atoms with Crippen molar-refractivity contribution in [1.29, 1.82) is 0 Å². The molecular weight excluding hydrogens is 216 g/mol. The van der Waals surface area contributed by atoms with Gasteiger partial charge in [0, 0.05) is 25.8 Å². The van der Waals surface area contributed by atoms with Crippen molar-refractivity contribution < 1.29 is 4.74 Å². The van der Waals surface area contributed by atoms with Gasteiger partial charge < -0.3 is 15.4 Å². The molecule has 0 saturated carbocycles. The van der Waals surface area contributed by atoms with E-state index in [0.29, 0.717) is 17.3 Å².